The van der Waals surface area contributed by atoms with Gasteiger partial charge in [0.05, 0.1) is 4.90 Å². The van der Waals surface area contributed by atoms with Crippen molar-refractivity contribution in [2.45, 2.75) is 38.0 Å². The molecule has 0 unspecified atom stereocenters. The van der Waals surface area contributed by atoms with E-state index in [0.717, 1.165) is 31.2 Å². The van der Waals surface area contributed by atoms with Crippen molar-refractivity contribution in [3.05, 3.63) is 59.2 Å². The maximum absolute atomic E-state index is 12.4. The lowest BCUT2D eigenvalue weighted by molar-refractivity contribution is 0.0943. The van der Waals surface area contributed by atoms with E-state index in [1.54, 1.807) is 13.0 Å². The average molecular weight is 420 g/mol. The molecule has 1 amide bonds. The van der Waals surface area contributed by atoms with Crippen molar-refractivity contribution in [3.8, 4) is 0 Å². The average Bonchev–Trinajstić information content (AvgIpc) is 2.65. The van der Waals surface area contributed by atoms with Gasteiger partial charge in [0.15, 0.2) is 14.9 Å². The third kappa shape index (κ3) is 6.31. The highest BCUT2D eigenvalue weighted by Gasteiger charge is 2.14. The number of nitrogens with one attached hydrogen (secondary N) is 3. The van der Waals surface area contributed by atoms with Crippen LogP contribution in [0.15, 0.2) is 47.4 Å². The van der Waals surface area contributed by atoms with E-state index in [4.69, 9.17) is 12.2 Å². The van der Waals surface area contributed by atoms with Crippen LogP contribution in [0.5, 0.6) is 0 Å². The Morgan fingerprint density at radius 3 is 2.36 bits per heavy atom. The fourth-order valence-corrected chi connectivity index (χ4v) is 3.37. The Hall–Kier alpha value is -2.45. The fraction of sp³-hybridized carbons (Fsp3) is 0.300. The Kier molecular flexibility index (Phi) is 7.53. The number of thiocarbonyl (C=S) groups is 1. The zero-order valence-electron chi connectivity index (χ0n) is 16.2. The Morgan fingerprint density at radius 1 is 1.07 bits per heavy atom. The van der Waals surface area contributed by atoms with Crippen LogP contribution < -0.4 is 16.2 Å². The molecule has 0 saturated heterocycles. The summed E-state index contributed by atoms with van der Waals surface area (Å²) in [5.74, 6) is -0.470. The molecule has 0 aromatic heterocycles. The van der Waals surface area contributed by atoms with Crippen LogP contribution in [0.25, 0.3) is 0 Å². The van der Waals surface area contributed by atoms with Gasteiger partial charge in [0.25, 0.3) is 5.91 Å². The molecule has 2 aromatic carbocycles. The van der Waals surface area contributed by atoms with E-state index in [9.17, 15) is 13.2 Å². The van der Waals surface area contributed by atoms with Gasteiger partial charge >= 0.3 is 0 Å². The number of amides is 1. The lowest BCUT2D eigenvalue weighted by atomic mass is 10.1. The van der Waals surface area contributed by atoms with Crippen molar-refractivity contribution in [1.29, 1.82) is 0 Å². The van der Waals surface area contributed by atoms with Gasteiger partial charge in [-0.25, -0.2) is 8.42 Å². The van der Waals surface area contributed by atoms with Gasteiger partial charge in [-0.15, -0.1) is 0 Å². The predicted molar refractivity (Wildman–Crippen MR) is 116 cm³/mol. The summed E-state index contributed by atoms with van der Waals surface area (Å²) in [5.41, 5.74) is 8.12. The van der Waals surface area contributed by atoms with Crippen LogP contribution in [-0.4, -0.2) is 25.7 Å². The second-order valence-electron chi connectivity index (χ2n) is 6.58. The maximum atomic E-state index is 12.4. The molecule has 6 nitrogen and oxygen atoms in total. The molecule has 2 aromatic rings. The summed E-state index contributed by atoms with van der Waals surface area (Å²) in [5, 5.41) is 3.22. The summed E-state index contributed by atoms with van der Waals surface area (Å²) in [6, 6.07) is 12.4. The number of benzene rings is 2. The molecule has 8 heteroatoms. The zero-order chi connectivity index (χ0) is 20.7. The van der Waals surface area contributed by atoms with Crippen LogP contribution in [0.3, 0.4) is 0 Å². The number of hydrogen-bond acceptors (Lipinski definition) is 4. The van der Waals surface area contributed by atoms with Crippen molar-refractivity contribution in [2.24, 2.45) is 0 Å². The molecular weight excluding hydrogens is 394 g/mol. The first-order valence-corrected chi connectivity index (χ1v) is 11.3. The van der Waals surface area contributed by atoms with E-state index < -0.39 is 15.7 Å². The monoisotopic (exact) mass is 419 g/mol. The first kappa shape index (κ1) is 21.8. The van der Waals surface area contributed by atoms with Gasteiger partial charge in [-0.05, 0) is 67.4 Å². The summed E-state index contributed by atoms with van der Waals surface area (Å²) in [6.45, 7) is 3.89. The minimum Gasteiger partial charge on any atom is -0.331 e. The van der Waals surface area contributed by atoms with Gasteiger partial charge in [-0.1, -0.05) is 31.5 Å². The molecule has 0 aliphatic heterocycles. The molecule has 28 heavy (non-hydrogen) atoms. The number of anilines is 1. The molecular formula is C20H25N3O3S2. The summed E-state index contributed by atoms with van der Waals surface area (Å²) in [7, 11) is -3.40. The zero-order valence-corrected chi connectivity index (χ0v) is 17.8. The molecule has 0 aliphatic rings. The van der Waals surface area contributed by atoms with E-state index >= 15 is 0 Å². The summed E-state index contributed by atoms with van der Waals surface area (Å²) < 4.78 is 23.4. The van der Waals surface area contributed by atoms with Gasteiger partial charge < -0.3 is 5.32 Å². The molecule has 0 heterocycles. The topological polar surface area (TPSA) is 87.3 Å². The van der Waals surface area contributed by atoms with Crippen molar-refractivity contribution in [2.75, 3.05) is 11.6 Å². The molecule has 0 saturated carbocycles. The molecule has 0 atom stereocenters. The van der Waals surface area contributed by atoms with Gasteiger partial charge in [0.2, 0.25) is 0 Å². The van der Waals surface area contributed by atoms with Crippen molar-refractivity contribution in [1.82, 2.24) is 10.9 Å². The second-order valence-corrected chi connectivity index (χ2v) is 9.01. The molecule has 2 rings (SSSR count). The molecule has 0 fully saturated rings. The molecule has 0 spiro atoms. The van der Waals surface area contributed by atoms with E-state index in [1.165, 1.54) is 17.7 Å². The van der Waals surface area contributed by atoms with E-state index in [-0.39, 0.29) is 15.6 Å². The Morgan fingerprint density at radius 2 is 1.75 bits per heavy atom. The maximum Gasteiger partial charge on any atom is 0.269 e. The van der Waals surface area contributed by atoms with Crippen LogP contribution in [-0.2, 0) is 16.3 Å². The van der Waals surface area contributed by atoms with Crippen LogP contribution in [0.2, 0.25) is 0 Å². The Bertz CT molecular complexity index is 955. The smallest absolute Gasteiger partial charge is 0.269 e. The number of carbonyl (C=O) groups is 1. The third-order valence-electron chi connectivity index (χ3n) is 4.20. The number of rotatable bonds is 6. The number of unbranched alkanes of at least 4 members (excludes halogenated alkanes) is 1. The minimum absolute atomic E-state index is 0.0899. The van der Waals surface area contributed by atoms with Crippen molar-refractivity contribution in [3.63, 3.8) is 0 Å². The van der Waals surface area contributed by atoms with Crippen LogP contribution in [0, 0.1) is 6.92 Å². The van der Waals surface area contributed by atoms with Gasteiger partial charge in [0.1, 0.15) is 0 Å². The largest absolute Gasteiger partial charge is 0.331 e. The highest BCUT2D eigenvalue weighted by Crippen LogP contribution is 2.15. The standard InChI is InChI=1S/C20H25N3O3S2/c1-4-5-6-15-8-10-16(11-9-15)21-20(27)23-22-19(24)18-13-17(28(3,25)26)12-7-14(18)2/h7-13H,4-6H2,1-3H3,(H,22,24)(H2,21,23,27). The lowest BCUT2D eigenvalue weighted by Gasteiger charge is -2.13. The molecule has 150 valence electrons. The third-order valence-corrected chi connectivity index (χ3v) is 5.52. The lowest BCUT2D eigenvalue weighted by Crippen LogP contribution is -2.44. The minimum atomic E-state index is -3.40. The van der Waals surface area contributed by atoms with Crippen molar-refractivity contribution < 1.29 is 13.2 Å². The number of hydrazine groups is 1. The summed E-state index contributed by atoms with van der Waals surface area (Å²) in [4.78, 5) is 12.5. The number of sulfone groups is 1. The SMILES string of the molecule is CCCCc1ccc(NC(=S)NNC(=O)c2cc(S(C)(=O)=O)ccc2C)cc1. The van der Waals surface area contributed by atoms with Crippen LogP contribution in [0.1, 0.15) is 41.3 Å². The predicted octanol–water partition coefficient (Wildman–Crippen LogP) is 3.37. The summed E-state index contributed by atoms with van der Waals surface area (Å²) in [6.07, 6.45) is 4.45. The van der Waals surface area contributed by atoms with E-state index in [2.05, 4.69) is 23.1 Å². The number of hydrogen-bond donors (Lipinski definition) is 3. The van der Waals surface area contributed by atoms with E-state index in [0.29, 0.717) is 5.56 Å². The molecule has 0 aliphatic carbocycles. The van der Waals surface area contributed by atoms with E-state index in [1.807, 2.05) is 24.3 Å². The number of carbonyl (C=O) groups excluding carboxylic acids is 1. The van der Waals surface area contributed by atoms with Crippen molar-refractivity contribution >= 4 is 38.8 Å². The van der Waals surface area contributed by atoms with Gasteiger partial charge in [0, 0.05) is 17.5 Å². The first-order chi connectivity index (χ1) is 13.2. The normalized spacial score (nSPS) is 11.0. The number of aryl methyl sites for hydroxylation is 2. The van der Waals surface area contributed by atoms with Gasteiger partial charge in [-0.2, -0.15) is 0 Å². The fourth-order valence-electron chi connectivity index (χ4n) is 2.56. The Balaban J connectivity index is 1.95. The quantitative estimate of drug-likeness (QED) is 0.492. The molecule has 0 bridgehead atoms. The molecule has 3 N–H and O–H groups in total. The van der Waals surface area contributed by atoms with Crippen LogP contribution in [0.4, 0.5) is 5.69 Å². The molecule has 0 radical (unpaired) electrons. The first-order valence-electron chi connectivity index (χ1n) is 8.97. The van der Waals surface area contributed by atoms with Crippen LogP contribution >= 0.6 is 12.2 Å². The Labute approximate surface area is 171 Å². The van der Waals surface area contributed by atoms with Gasteiger partial charge in [-0.3, -0.25) is 15.6 Å². The second kappa shape index (κ2) is 9.66. The summed E-state index contributed by atoms with van der Waals surface area (Å²) >= 11 is 5.19. The highest BCUT2D eigenvalue weighted by molar-refractivity contribution is 7.90. The highest BCUT2D eigenvalue weighted by atomic mass is 32.2.